The van der Waals surface area contributed by atoms with Crippen LogP contribution in [0.15, 0.2) is 24.3 Å². The fraction of sp³-hybridized carbons (Fsp3) is 0.867. The summed E-state index contributed by atoms with van der Waals surface area (Å²) < 4.78 is 5.50. The van der Waals surface area contributed by atoms with E-state index >= 15 is 0 Å². The fourth-order valence-electron chi connectivity index (χ4n) is 7.47. The average molecular weight is 783 g/mol. The summed E-state index contributed by atoms with van der Waals surface area (Å²) in [6, 6.07) is 0. The number of Topliss-reactive ketones (excluding diaryl/α,β-unsaturated/α-hetero) is 2. The molecule has 55 heavy (non-hydrogen) atoms. The summed E-state index contributed by atoms with van der Waals surface area (Å²) in [5, 5.41) is 75.6. The van der Waals surface area contributed by atoms with E-state index in [9.17, 15) is 45.3 Å². The van der Waals surface area contributed by atoms with Gasteiger partial charge in [0.25, 0.3) is 0 Å². The number of allylic oxidation sites excluding steroid dienone is 4. The minimum Gasteiger partial charge on any atom is -0.394 e. The molecule has 0 aliphatic carbocycles. The zero-order chi connectivity index (χ0) is 40.7. The van der Waals surface area contributed by atoms with Crippen molar-refractivity contribution < 1.29 is 50.1 Å². The molecule has 0 bridgehead atoms. The minimum atomic E-state index is -3.04. The van der Waals surface area contributed by atoms with Crippen LogP contribution in [0, 0.1) is 0 Å². The Bertz CT molecular complexity index is 956. The molecule has 0 aromatic carbocycles. The van der Waals surface area contributed by atoms with E-state index in [0.717, 1.165) is 64.2 Å². The number of carbonyl (C=O) groups excluding carboxylic acids is 2. The van der Waals surface area contributed by atoms with E-state index in [1.807, 2.05) is 0 Å². The predicted molar refractivity (Wildman–Crippen MR) is 220 cm³/mol. The van der Waals surface area contributed by atoms with Crippen molar-refractivity contribution in [3.05, 3.63) is 24.3 Å². The summed E-state index contributed by atoms with van der Waals surface area (Å²) in [5.41, 5.74) is -3.04. The number of rotatable bonds is 36. The van der Waals surface area contributed by atoms with Crippen LogP contribution in [0.1, 0.15) is 194 Å². The third-order valence-electron chi connectivity index (χ3n) is 11.2. The second-order valence-corrected chi connectivity index (χ2v) is 16.0. The number of hydrogen-bond acceptors (Lipinski definition) is 10. The monoisotopic (exact) mass is 783 g/mol. The van der Waals surface area contributed by atoms with Crippen LogP contribution in [0.3, 0.4) is 0 Å². The quantitative estimate of drug-likeness (QED) is 0.0248. The van der Waals surface area contributed by atoms with Crippen molar-refractivity contribution in [3.63, 3.8) is 0 Å². The van der Waals surface area contributed by atoms with Crippen LogP contribution in [-0.4, -0.2) is 102 Å². The normalized spacial score (nSPS) is 22.7. The van der Waals surface area contributed by atoms with Crippen molar-refractivity contribution in [1.29, 1.82) is 0 Å². The topological polar surface area (TPSA) is 185 Å². The second kappa shape index (κ2) is 32.5. The van der Waals surface area contributed by atoms with Crippen LogP contribution in [0.25, 0.3) is 0 Å². The van der Waals surface area contributed by atoms with E-state index in [-0.39, 0.29) is 12.8 Å². The van der Waals surface area contributed by atoms with Crippen molar-refractivity contribution in [1.82, 2.24) is 0 Å². The van der Waals surface area contributed by atoms with Crippen LogP contribution >= 0.6 is 0 Å². The molecule has 322 valence electrons. The Morgan fingerprint density at radius 2 is 0.855 bits per heavy atom. The molecule has 0 spiro atoms. The van der Waals surface area contributed by atoms with E-state index in [2.05, 4.69) is 38.2 Å². The zero-order valence-electron chi connectivity index (χ0n) is 34.7. The third-order valence-corrected chi connectivity index (χ3v) is 11.2. The fourth-order valence-corrected chi connectivity index (χ4v) is 7.47. The molecule has 0 saturated carbocycles. The maximum absolute atomic E-state index is 13.3. The Labute approximate surface area is 333 Å². The van der Waals surface area contributed by atoms with Gasteiger partial charge in [0.05, 0.1) is 6.61 Å². The lowest BCUT2D eigenvalue weighted by Crippen LogP contribution is -2.73. The Balaban J connectivity index is 2.60. The van der Waals surface area contributed by atoms with Gasteiger partial charge in [-0.1, -0.05) is 141 Å². The Kier molecular flexibility index (Phi) is 30.4. The van der Waals surface area contributed by atoms with Gasteiger partial charge in [-0.05, 0) is 64.2 Å². The molecule has 7 atom stereocenters. The molecule has 1 saturated heterocycles. The highest BCUT2D eigenvalue weighted by Gasteiger charge is 2.61. The van der Waals surface area contributed by atoms with Crippen molar-refractivity contribution in [2.75, 3.05) is 6.61 Å². The van der Waals surface area contributed by atoms with Gasteiger partial charge in [0.15, 0.2) is 17.2 Å². The van der Waals surface area contributed by atoms with Gasteiger partial charge < -0.3 is 40.5 Å². The number of carbonyl (C=O) groups is 2. The number of unbranched alkanes of at least 4 members (excludes halogenated alkanes) is 22. The molecule has 3 unspecified atom stereocenters. The molecule has 10 nitrogen and oxygen atoms in total. The molecule has 0 aromatic rings. The summed E-state index contributed by atoms with van der Waals surface area (Å²) in [6.07, 6.45) is 22.4. The van der Waals surface area contributed by atoms with Crippen molar-refractivity contribution in [2.45, 2.75) is 242 Å². The highest BCUT2D eigenvalue weighted by atomic mass is 16.6. The zero-order valence-corrected chi connectivity index (χ0v) is 34.7. The molecular formula is C45H82O10. The van der Waals surface area contributed by atoms with E-state index in [1.54, 1.807) is 0 Å². The van der Waals surface area contributed by atoms with Crippen LogP contribution in [0.4, 0.5) is 0 Å². The molecule has 10 heteroatoms. The maximum atomic E-state index is 13.3. The molecule has 1 heterocycles. The highest BCUT2D eigenvalue weighted by Crippen LogP contribution is 2.35. The molecule has 1 fully saturated rings. The lowest BCUT2D eigenvalue weighted by atomic mass is 9.74. The maximum Gasteiger partial charge on any atom is 0.164 e. The van der Waals surface area contributed by atoms with Gasteiger partial charge in [0, 0.05) is 12.8 Å². The molecule has 1 rings (SSSR count). The van der Waals surface area contributed by atoms with Crippen LogP contribution in [0.5, 0.6) is 0 Å². The van der Waals surface area contributed by atoms with Crippen LogP contribution in [-0.2, 0) is 14.3 Å². The summed E-state index contributed by atoms with van der Waals surface area (Å²) in [4.78, 5) is 26.5. The first-order valence-corrected chi connectivity index (χ1v) is 22.3. The summed E-state index contributed by atoms with van der Waals surface area (Å²) >= 11 is 0. The Hall–Kier alpha value is -1.50. The SMILES string of the molecule is CCCCCCCC/C=C\CCCCCCCC(=O)C(O)C(O)(C(O)C(=O)CCCCCCC/C=C\CCCCCCCC)C1O[C@H](CO)[C@@H](O)[C@H](O)[C@@H]1O. The van der Waals surface area contributed by atoms with E-state index in [4.69, 9.17) is 4.74 Å². The van der Waals surface area contributed by atoms with Gasteiger partial charge in [-0.2, -0.15) is 0 Å². The smallest absolute Gasteiger partial charge is 0.164 e. The first kappa shape index (κ1) is 51.5. The van der Waals surface area contributed by atoms with Gasteiger partial charge in [-0.25, -0.2) is 0 Å². The standard InChI is InChI=1S/C45H82O10/c1-3-5-7-9-11-13-15-17-19-21-23-25-27-29-31-33-36(47)42(52)45(54,44-41(51)40(50)39(49)38(35-46)55-44)43(53)37(48)34-32-30-28-26-24-22-20-18-16-14-12-10-8-6-4-2/h17-20,38-44,46,49-54H,3-16,21-35H2,1-2H3/b19-17-,20-18-/t38-,39-,40+,41+,42?,43?,44?,45?/m1/s1. The van der Waals surface area contributed by atoms with Crippen LogP contribution < -0.4 is 0 Å². The highest BCUT2D eigenvalue weighted by molar-refractivity contribution is 5.89. The number of aliphatic hydroxyl groups is 7. The number of ketones is 2. The number of ether oxygens (including phenoxy) is 1. The van der Waals surface area contributed by atoms with Gasteiger partial charge in [-0.15, -0.1) is 0 Å². The average Bonchev–Trinajstić information content (AvgIpc) is 3.18. The Morgan fingerprint density at radius 1 is 0.527 bits per heavy atom. The lowest BCUT2D eigenvalue weighted by molar-refractivity contribution is -0.296. The van der Waals surface area contributed by atoms with Gasteiger partial charge >= 0.3 is 0 Å². The van der Waals surface area contributed by atoms with E-state index < -0.39 is 66.5 Å². The summed E-state index contributed by atoms with van der Waals surface area (Å²) in [6.45, 7) is 3.62. The van der Waals surface area contributed by atoms with Gasteiger partial charge in [0.2, 0.25) is 0 Å². The molecule has 0 radical (unpaired) electrons. The largest absolute Gasteiger partial charge is 0.394 e. The van der Waals surface area contributed by atoms with Gasteiger partial charge in [-0.3, -0.25) is 9.59 Å². The third kappa shape index (κ3) is 20.7. The lowest BCUT2D eigenvalue weighted by Gasteiger charge is -2.49. The minimum absolute atomic E-state index is 0.145. The second-order valence-electron chi connectivity index (χ2n) is 16.0. The molecular weight excluding hydrogens is 700 g/mol. The molecule has 0 aromatic heterocycles. The van der Waals surface area contributed by atoms with Gasteiger partial charge in [0.1, 0.15) is 42.7 Å². The first-order valence-electron chi connectivity index (χ1n) is 22.3. The van der Waals surface area contributed by atoms with Crippen LogP contribution in [0.2, 0.25) is 0 Å². The molecule has 1 aliphatic heterocycles. The summed E-state index contributed by atoms with van der Waals surface area (Å²) in [7, 11) is 0. The predicted octanol–water partition coefficient (Wildman–Crippen LogP) is 7.49. The molecule has 7 N–H and O–H groups in total. The van der Waals surface area contributed by atoms with Crippen molar-refractivity contribution in [2.24, 2.45) is 0 Å². The van der Waals surface area contributed by atoms with E-state index in [1.165, 1.54) is 77.0 Å². The van der Waals surface area contributed by atoms with Crippen molar-refractivity contribution in [3.8, 4) is 0 Å². The molecule has 0 amide bonds. The van der Waals surface area contributed by atoms with Crippen molar-refractivity contribution >= 4 is 11.6 Å². The number of hydrogen-bond donors (Lipinski definition) is 7. The molecule has 1 aliphatic rings. The summed E-state index contributed by atoms with van der Waals surface area (Å²) in [5.74, 6) is -1.69. The Morgan fingerprint density at radius 3 is 1.20 bits per heavy atom. The van der Waals surface area contributed by atoms with E-state index in [0.29, 0.717) is 25.7 Å². The first-order chi connectivity index (χ1) is 26.6. The number of aliphatic hydroxyl groups excluding tert-OH is 6.